The molecule has 1 aliphatic rings. The van der Waals surface area contributed by atoms with Crippen molar-refractivity contribution in [3.63, 3.8) is 0 Å². The van der Waals surface area contributed by atoms with Gasteiger partial charge in [-0.15, -0.1) is 0 Å². The standard InChI is InChI=1S/C49H38N4O/c1-49(2,3)33-25-26-50-46(29-33)53-44-22-12-21-43(47-40-19-9-7-17-38(40)39-18-8-10-20-41(39)47)48(44)42-24-23-37(31-45(42)53)54-36-16-11-15-35(30-36)52-28-27-51(32-52)34-13-5-4-6-14-34/h4-31,47H,1-3H3/i4D,5D,6D,13D,14D. The van der Waals surface area contributed by atoms with E-state index < -0.39 is 18.1 Å². The number of pyridine rings is 1. The van der Waals surface area contributed by atoms with Crippen molar-refractivity contribution in [1.82, 2.24) is 14.1 Å². The van der Waals surface area contributed by atoms with Crippen molar-refractivity contribution in [2.45, 2.75) is 32.1 Å². The summed E-state index contributed by atoms with van der Waals surface area (Å²) >= 11 is 0. The van der Waals surface area contributed by atoms with E-state index >= 15 is 0 Å². The van der Waals surface area contributed by atoms with Gasteiger partial charge in [-0.1, -0.05) is 106 Å². The summed E-state index contributed by atoms with van der Waals surface area (Å²) in [5.41, 5.74) is 10.3. The summed E-state index contributed by atoms with van der Waals surface area (Å²) in [7, 11) is 0. The number of hydrogen-bond donors (Lipinski definition) is 0. The molecule has 1 aliphatic carbocycles. The maximum absolute atomic E-state index is 8.41. The van der Waals surface area contributed by atoms with Gasteiger partial charge in [0.1, 0.15) is 17.3 Å². The molecule has 0 amide bonds. The SMILES string of the molecule is [2H]c1c([2H])c([2H])c(-[n+]2[c-]n(-c3cccc(Oc4ccc5c6c(C7c8ccccc8-c8ccccc87)cccc6n(-c6cc(C(C)(C)C)ccn6)c5c4)c3)cc2)c([2H])c1[2H]. The summed E-state index contributed by atoms with van der Waals surface area (Å²) in [5, 5.41) is 2.27. The molecule has 0 unspecified atom stereocenters. The van der Waals surface area contributed by atoms with E-state index in [1.165, 1.54) is 43.3 Å². The largest absolute Gasteiger partial charge is 0.458 e. The number of fused-ring (bicyclic) bond motifs is 6. The molecule has 6 aromatic carbocycles. The van der Waals surface area contributed by atoms with Gasteiger partial charge >= 0.3 is 0 Å². The van der Waals surface area contributed by atoms with Crippen LogP contribution in [0.25, 0.3) is 50.1 Å². The molecule has 0 N–H and O–H groups in total. The second-order valence-corrected chi connectivity index (χ2v) is 14.7. The molecule has 0 radical (unpaired) electrons. The predicted octanol–water partition coefficient (Wildman–Crippen LogP) is 11.3. The minimum atomic E-state index is -0.437. The zero-order valence-corrected chi connectivity index (χ0v) is 30.1. The lowest BCUT2D eigenvalue weighted by Crippen LogP contribution is -2.27. The smallest absolute Gasteiger partial charge is 0.268 e. The molecule has 0 atom stereocenters. The maximum atomic E-state index is 8.41. The molecular formula is C49H38N4O. The molecule has 3 heterocycles. The van der Waals surface area contributed by atoms with Crippen molar-refractivity contribution in [2.24, 2.45) is 0 Å². The van der Waals surface area contributed by atoms with Crippen molar-refractivity contribution < 1.29 is 16.2 Å². The van der Waals surface area contributed by atoms with E-state index in [4.69, 9.17) is 16.6 Å². The summed E-state index contributed by atoms with van der Waals surface area (Å²) < 4.78 is 53.0. The Labute approximate surface area is 322 Å². The first-order chi connectivity index (χ1) is 28.5. The van der Waals surface area contributed by atoms with Crippen molar-refractivity contribution >= 4 is 21.8 Å². The number of rotatable bonds is 6. The zero-order valence-electron chi connectivity index (χ0n) is 35.1. The quantitative estimate of drug-likeness (QED) is 0.128. The van der Waals surface area contributed by atoms with Gasteiger partial charge in [-0.3, -0.25) is 13.7 Å². The third-order valence-corrected chi connectivity index (χ3v) is 10.4. The molecule has 0 saturated carbocycles. The predicted molar refractivity (Wildman–Crippen MR) is 216 cm³/mol. The topological polar surface area (TPSA) is 35.9 Å². The Hall–Kier alpha value is -6.72. The maximum Gasteiger partial charge on any atom is 0.268 e. The minimum absolute atomic E-state index is 0.0258. The van der Waals surface area contributed by atoms with Crippen molar-refractivity contribution in [3.05, 3.63) is 199 Å². The molecule has 0 bridgehead atoms. The Balaban J connectivity index is 1.10. The number of ether oxygens (including phenoxy) is 1. The van der Waals surface area contributed by atoms with Gasteiger partial charge in [-0.2, -0.15) is 0 Å². The first-order valence-electron chi connectivity index (χ1n) is 20.6. The Bertz CT molecular complexity index is 3090. The van der Waals surface area contributed by atoms with E-state index in [1.807, 2.05) is 36.5 Å². The molecule has 0 spiro atoms. The van der Waals surface area contributed by atoms with Gasteiger partial charge in [0.2, 0.25) is 0 Å². The highest BCUT2D eigenvalue weighted by Gasteiger charge is 2.32. The zero-order chi connectivity index (χ0) is 40.7. The molecule has 0 fully saturated rings. The average Bonchev–Trinajstić information content (AvgIpc) is 3.95. The number of benzene rings is 6. The van der Waals surface area contributed by atoms with E-state index in [1.54, 1.807) is 17.0 Å². The van der Waals surface area contributed by atoms with Gasteiger partial charge in [0, 0.05) is 41.3 Å². The Morgan fingerprint density at radius 2 is 1.44 bits per heavy atom. The molecule has 0 aliphatic heterocycles. The van der Waals surface area contributed by atoms with Crippen molar-refractivity contribution in [2.75, 3.05) is 0 Å². The van der Waals surface area contributed by atoms with Gasteiger partial charge in [-0.05, 0) is 99.4 Å². The van der Waals surface area contributed by atoms with Crippen LogP contribution in [0.4, 0.5) is 0 Å². The van der Waals surface area contributed by atoms with Crippen LogP contribution >= 0.6 is 0 Å². The molecule has 0 saturated heterocycles. The van der Waals surface area contributed by atoms with Gasteiger partial charge in [0.15, 0.2) is 0 Å². The fourth-order valence-corrected chi connectivity index (χ4v) is 7.90. The minimum Gasteiger partial charge on any atom is -0.458 e. The number of imidazole rings is 1. The lowest BCUT2D eigenvalue weighted by Gasteiger charge is -2.20. The van der Waals surface area contributed by atoms with Crippen LogP contribution < -0.4 is 9.30 Å². The normalized spacial score (nSPS) is 13.9. The van der Waals surface area contributed by atoms with Gasteiger partial charge in [0.05, 0.1) is 29.3 Å². The van der Waals surface area contributed by atoms with E-state index in [-0.39, 0.29) is 29.1 Å². The first kappa shape index (κ1) is 27.0. The highest BCUT2D eigenvalue weighted by Crippen LogP contribution is 2.50. The second kappa shape index (κ2) is 12.5. The average molecular weight is 704 g/mol. The number of nitrogens with zero attached hydrogens (tertiary/aromatic N) is 4. The molecular weight excluding hydrogens is 661 g/mol. The van der Waals surface area contributed by atoms with Gasteiger partial charge in [0.25, 0.3) is 6.33 Å². The van der Waals surface area contributed by atoms with E-state index in [2.05, 4.69) is 123 Å². The lowest BCUT2D eigenvalue weighted by molar-refractivity contribution is -0.599. The van der Waals surface area contributed by atoms with Gasteiger partial charge < -0.3 is 4.74 Å². The molecule has 5 nitrogen and oxygen atoms in total. The Morgan fingerprint density at radius 3 is 2.22 bits per heavy atom. The van der Waals surface area contributed by atoms with Crippen LogP contribution in [0.15, 0.2) is 170 Å². The molecule has 54 heavy (non-hydrogen) atoms. The molecule has 10 rings (SSSR count). The van der Waals surface area contributed by atoms with Crippen LogP contribution in [-0.4, -0.2) is 14.1 Å². The third kappa shape index (κ3) is 5.31. The molecule has 9 aromatic rings. The molecule has 3 aromatic heterocycles. The number of aromatic nitrogens is 4. The lowest BCUT2D eigenvalue weighted by atomic mass is 9.86. The van der Waals surface area contributed by atoms with Crippen LogP contribution in [0.5, 0.6) is 11.5 Å². The van der Waals surface area contributed by atoms with Crippen molar-refractivity contribution in [3.8, 4) is 39.8 Å². The Kier molecular flexibility index (Phi) is 6.22. The number of hydrogen-bond acceptors (Lipinski definition) is 2. The van der Waals surface area contributed by atoms with Crippen LogP contribution in [-0.2, 0) is 5.41 Å². The second-order valence-electron chi connectivity index (χ2n) is 14.7. The van der Waals surface area contributed by atoms with Crippen LogP contribution in [0.2, 0.25) is 0 Å². The van der Waals surface area contributed by atoms with Gasteiger partial charge in [-0.25, -0.2) is 4.98 Å². The molecule has 260 valence electrons. The number of para-hydroxylation sites is 1. The monoisotopic (exact) mass is 703 g/mol. The van der Waals surface area contributed by atoms with Crippen molar-refractivity contribution in [1.29, 1.82) is 0 Å². The third-order valence-electron chi connectivity index (χ3n) is 10.4. The summed E-state index contributed by atoms with van der Waals surface area (Å²) in [4.78, 5) is 4.96. The summed E-state index contributed by atoms with van der Waals surface area (Å²) in [6.45, 7) is 6.64. The highest BCUT2D eigenvalue weighted by molar-refractivity contribution is 6.12. The van der Waals surface area contributed by atoms with E-state index in [0.29, 0.717) is 17.2 Å². The summed E-state index contributed by atoms with van der Waals surface area (Å²) in [6, 6.07) is 40.3. The summed E-state index contributed by atoms with van der Waals surface area (Å²) in [6.07, 6.45) is 8.35. The van der Waals surface area contributed by atoms with Crippen LogP contribution in [0.3, 0.4) is 0 Å². The fraction of sp³-hybridized carbons (Fsp3) is 0.102. The van der Waals surface area contributed by atoms with E-state index in [9.17, 15) is 0 Å². The fourth-order valence-electron chi connectivity index (χ4n) is 7.90. The Morgan fingerprint density at radius 1 is 0.722 bits per heavy atom. The molecule has 5 heteroatoms. The first-order valence-corrected chi connectivity index (χ1v) is 18.1. The van der Waals surface area contributed by atoms with Crippen LogP contribution in [0.1, 0.15) is 55.8 Å². The van der Waals surface area contributed by atoms with Crippen LogP contribution in [0, 0.1) is 6.33 Å². The van der Waals surface area contributed by atoms with E-state index in [0.717, 1.165) is 22.2 Å². The summed E-state index contributed by atoms with van der Waals surface area (Å²) in [5.74, 6) is 2.13. The highest BCUT2D eigenvalue weighted by atomic mass is 16.5.